The van der Waals surface area contributed by atoms with E-state index in [1.54, 1.807) is 0 Å². The average molecular weight is 283 g/mol. The van der Waals surface area contributed by atoms with Gasteiger partial charge in [0.2, 0.25) is 5.91 Å². The van der Waals surface area contributed by atoms with Gasteiger partial charge in [-0.3, -0.25) is 4.79 Å². The maximum absolute atomic E-state index is 12.5. The van der Waals surface area contributed by atoms with Crippen LogP contribution in [0.3, 0.4) is 0 Å². The van der Waals surface area contributed by atoms with Crippen molar-refractivity contribution in [3.05, 3.63) is 48.0 Å². The Morgan fingerprint density at radius 2 is 2.00 bits per heavy atom. The zero-order chi connectivity index (χ0) is 14.7. The molecule has 1 atom stereocenters. The van der Waals surface area contributed by atoms with Crippen molar-refractivity contribution in [3.63, 3.8) is 0 Å². The molecule has 1 saturated heterocycles. The molecule has 0 aromatic heterocycles. The smallest absolute Gasteiger partial charge is 0.227 e. The number of amides is 1. The van der Waals surface area contributed by atoms with Crippen LogP contribution in [-0.2, 0) is 11.2 Å². The van der Waals surface area contributed by atoms with Crippen molar-refractivity contribution in [1.82, 2.24) is 4.90 Å². The Morgan fingerprint density at radius 1 is 1.19 bits per heavy atom. The molecular formula is C18H21NO2. The summed E-state index contributed by atoms with van der Waals surface area (Å²) in [7, 11) is 0. The van der Waals surface area contributed by atoms with Gasteiger partial charge in [0.05, 0.1) is 6.42 Å². The Hall–Kier alpha value is -1.87. The molecule has 2 aromatic carbocycles. The van der Waals surface area contributed by atoms with Gasteiger partial charge in [-0.1, -0.05) is 42.5 Å². The molecule has 3 nitrogen and oxygen atoms in total. The summed E-state index contributed by atoms with van der Waals surface area (Å²) in [5.74, 6) is 0.416. The number of nitrogens with zero attached hydrogens (tertiary/aromatic N) is 1. The number of benzene rings is 2. The fourth-order valence-electron chi connectivity index (χ4n) is 3.16. The van der Waals surface area contributed by atoms with E-state index >= 15 is 0 Å². The standard InChI is InChI=1S/C18H21NO2/c20-13-14-5-4-10-19(12-14)18(21)11-16-8-3-7-15-6-1-2-9-17(15)16/h1-3,6-9,14,20H,4-5,10-13H2. The number of rotatable bonds is 3. The lowest BCUT2D eigenvalue weighted by Crippen LogP contribution is -2.41. The van der Waals surface area contributed by atoms with Crippen LogP contribution < -0.4 is 0 Å². The zero-order valence-electron chi connectivity index (χ0n) is 12.2. The van der Waals surface area contributed by atoms with Crippen LogP contribution in [0.1, 0.15) is 18.4 Å². The second-order valence-electron chi connectivity index (χ2n) is 5.85. The summed E-state index contributed by atoms with van der Waals surface area (Å²) in [5, 5.41) is 11.6. The molecule has 1 aliphatic rings. The Morgan fingerprint density at radius 3 is 2.86 bits per heavy atom. The monoisotopic (exact) mass is 283 g/mol. The summed E-state index contributed by atoms with van der Waals surface area (Å²) in [6.07, 6.45) is 2.46. The van der Waals surface area contributed by atoms with Crippen LogP contribution in [0.25, 0.3) is 10.8 Å². The van der Waals surface area contributed by atoms with E-state index < -0.39 is 0 Å². The normalized spacial score (nSPS) is 18.9. The highest BCUT2D eigenvalue weighted by Gasteiger charge is 2.23. The van der Waals surface area contributed by atoms with Crippen molar-refractivity contribution in [1.29, 1.82) is 0 Å². The van der Waals surface area contributed by atoms with E-state index in [9.17, 15) is 9.90 Å². The largest absolute Gasteiger partial charge is 0.396 e. The fraction of sp³-hybridized carbons (Fsp3) is 0.389. The summed E-state index contributed by atoms with van der Waals surface area (Å²) < 4.78 is 0. The molecule has 21 heavy (non-hydrogen) atoms. The first kappa shape index (κ1) is 14.1. The summed E-state index contributed by atoms with van der Waals surface area (Å²) in [5.41, 5.74) is 1.09. The van der Waals surface area contributed by atoms with E-state index in [-0.39, 0.29) is 18.4 Å². The lowest BCUT2D eigenvalue weighted by atomic mass is 9.97. The second-order valence-corrected chi connectivity index (χ2v) is 5.85. The minimum atomic E-state index is 0.171. The van der Waals surface area contributed by atoms with Gasteiger partial charge in [0, 0.05) is 19.7 Å². The maximum Gasteiger partial charge on any atom is 0.227 e. The number of piperidine rings is 1. The zero-order valence-corrected chi connectivity index (χ0v) is 12.2. The summed E-state index contributed by atoms with van der Waals surface area (Å²) >= 11 is 0. The lowest BCUT2D eigenvalue weighted by Gasteiger charge is -2.32. The van der Waals surface area contributed by atoms with E-state index in [2.05, 4.69) is 18.2 Å². The maximum atomic E-state index is 12.5. The predicted octanol–water partition coefficient (Wildman–Crippen LogP) is 2.61. The van der Waals surface area contributed by atoms with Crippen molar-refractivity contribution in [3.8, 4) is 0 Å². The average Bonchev–Trinajstić information content (AvgIpc) is 2.55. The third kappa shape index (κ3) is 3.08. The Balaban J connectivity index is 1.77. The van der Waals surface area contributed by atoms with Crippen molar-refractivity contribution in [2.45, 2.75) is 19.3 Å². The fourth-order valence-corrected chi connectivity index (χ4v) is 3.16. The highest BCUT2D eigenvalue weighted by molar-refractivity contribution is 5.90. The van der Waals surface area contributed by atoms with Gasteiger partial charge in [0.25, 0.3) is 0 Å². The van der Waals surface area contributed by atoms with E-state index in [0.717, 1.165) is 30.3 Å². The van der Waals surface area contributed by atoms with Crippen molar-refractivity contribution < 1.29 is 9.90 Å². The molecule has 0 bridgehead atoms. The molecule has 0 aliphatic carbocycles. The van der Waals surface area contributed by atoms with Gasteiger partial charge in [-0.25, -0.2) is 0 Å². The number of aliphatic hydroxyl groups excluding tert-OH is 1. The Bertz CT molecular complexity index is 633. The van der Waals surface area contributed by atoms with E-state index in [1.807, 2.05) is 29.2 Å². The van der Waals surface area contributed by atoms with E-state index in [4.69, 9.17) is 0 Å². The molecule has 0 radical (unpaired) electrons. The lowest BCUT2D eigenvalue weighted by molar-refractivity contribution is -0.132. The number of likely N-dealkylation sites (tertiary alicyclic amines) is 1. The second kappa shape index (κ2) is 6.27. The van der Waals surface area contributed by atoms with Crippen LogP contribution in [0, 0.1) is 5.92 Å². The van der Waals surface area contributed by atoms with Gasteiger partial charge in [-0.15, -0.1) is 0 Å². The van der Waals surface area contributed by atoms with Gasteiger partial charge in [-0.05, 0) is 35.1 Å². The number of hydrogen-bond donors (Lipinski definition) is 1. The van der Waals surface area contributed by atoms with Crippen LogP contribution in [0.2, 0.25) is 0 Å². The van der Waals surface area contributed by atoms with Crippen molar-refractivity contribution in [2.24, 2.45) is 5.92 Å². The summed E-state index contributed by atoms with van der Waals surface area (Å²) in [4.78, 5) is 14.4. The quantitative estimate of drug-likeness (QED) is 0.940. The highest BCUT2D eigenvalue weighted by Crippen LogP contribution is 2.21. The number of carbonyl (C=O) groups is 1. The molecule has 1 unspecified atom stereocenters. The molecule has 3 heteroatoms. The van der Waals surface area contributed by atoms with Crippen LogP contribution >= 0.6 is 0 Å². The van der Waals surface area contributed by atoms with Gasteiger partial charge in [0.1, 0.15) is 0 Å². The predicted molar refractivity (Wildman–Crippen MR) is 84.0 cm³/mol. The Labute approximate surface area is 125 Å². The van der Waals surface area contributed by atoms with Crippen LogP contribution in [-0.4, -0.2) is 35.6 Å². The molecule has 1 heterocycles. The topological polar surface area (TPSA) is 40.5 Å². The van der Waals surface area contributed by atoms with Gasteiger partial charge < -0.3 is 10.0 Å². The first-order chi connectivity index (χ1) is 10.3. The van der Waals surface area contributed by atoms with E-state index in [1.165, 1.54) is 5.39 Å². The molecular weight excluding hydrogens is 262 g/mol. The highest BCUT2D eigenvalue weighted by atomic mass is 16.3. The van der Waals surface area contributed by atoms with E-state index in [0.29, 0.717) is 13.0 Å². The number of carbonyl (C=O) groups excluding carboxylic acids is 1. The minimum absolute atomic E-state index is 0.171. The number of aliphatic hydroxyl groups is 1. The summed E-state index contributed by atoms with van der Waals surface area (Å²) in [6.45, 7) is 1.69. The van der Waals surface area contributed by atoms with Gasteiger partial charge >= 0.3 is 0 Å². The van der Waals surface area contributed by atoms with Crippen LogP contribution in [0.4, 0.5) is 0 Å². The summed E-state index contributed by atoms with van der Waals surface area (Å²) in [6, 6.07) is 14.3. The Kier molecular flexibility index (Phi) is 4.20. The molecule has 1 fully saturated rings. The molecule has 1 aliphatic heterocycles. The molecule has 110 valence electrons. The minimum Gasteiger partial charge on any atom is -0.396 e. The molecule has 3 rings (SSSR count). The molecule has 1 amide bonds. The first-order valence-electron chi connectivity index (χ1n) is 7.63. The van der Waals surface area contributed by atoms with Crippen molar-refractivity contribution >= 4 is 16.7 Å². The number of hydrogen-bond acceptors (Lipinski definition) is 2. The van der Waals surface area contributed by atoms with Crippen LogP contribution in [0.5, 0.6) is 0 Å². The molecule has 2 aromatic rings. The third-order valence-electron chi connectivity index (χ3n) is 4.35. The molecule has 1 N–H and O–H groups in total. The SMILES string of the molecule is O=C(Cc1cccc2ccccc12)N1CCCC(CO)C1. The molecule has 0 saturated carbocycles. The first-order valence-corrected chi connectivity index (χ1v) is 7.63. The van der Waals surface area contributed by atoms with Crippen LogP contribution in [0.15, 0.2) is 42.5 Å². The molecule has 0 spiro atoms. The van der Waals surface area contributed by atoms with Gasteiger partial charge in [0.15, 0.2) is 0 Å². The van der Waals surface area contributed by atoms with Gasteiger partial charge in [-0.2, -0.15) is 0 Å². The third-order valence-corrected chi connectivity index (χ3v) is 4.35. The van der Waals surface area contributed by atoms with Crippen molar-refractivity contribution in [2.75, 3.05) is 19.7 Å². The number of fused-ring (bicyclic) bond motifs is 1.